The molecule has 5 rings (SSSR count). The van der Waals surface area contributed by atoms with Gasteiger partial charge in [-0.3, -0.25) is 0 Å². The molecule has 0 saturated carbocycles. The van der Waals surface area contributed by atoms with Gasteiger partial charge >= 0.3 is 0 Å². The molecular formula is C27H21N4O2. The molecule has 1 aromatic heterocycles. The quantitative estimate of drug-likeness (QED) is 0.368. The number of aromatic nitrogens is 4. The van der Waals surface area contributed by atoms with Crippen molar-refractivity contribution in [3.63, 3.8) is 0 Å². The van der Waals surface area contributed by atoms with Crippen LogP contribution in [0.4, 0.5) is 0 Å². The molecule has 0 bridgehead atoms. The van der Waals surface area contributed by atoms with Crippen LogP contribution < -0.4 is 4.74 Å². The van der Waals surface area contributed by atoms with Crippen molar-refractivity contribution in [1.29, 1.82) is 0 Å². The Labute approximate surface area is 191 Å². The minimum Gasteiger partial charge on any atom is -0.507 e. The SMILES string of the molecule is Oc1[c]ccc(OCc2ccc(Cc3cccc(-c4nn[nH]n4)c3)cc2)c1-c1ccccc1. The van der Waals surface area contributed by atoms with Crippen molar-refractivity contribution in [3.05, 3.63) is 114 Å². The maximum atomic E-state index is 10.3. The fourth-order valence-electron chi connectivity index (χ4n) is 3.73. The van der Waals surface area contributed by atoms with Crippen LogP contribution in [-0.2, 0) is 13.0 Å². The van der Waals surface area contributed by atoms with Crippen LogP contribution in [0.15, 0.2) is 91.0 Å². The lowest BCUT2D eigenvalue weighted by molar-refractivity contribution is 0.306. The molecule has 0 aliphatic heterocycles. The normalized spacial score (nSPS) is 10.8. The Morgan fingerprint density at radius 3 is 2.39 bits per heavy atom. The molecule has 161 valence electrons. The topological polar surface area (TPSA) is 83.9 Å². The number of phenolic OH excluding ortho intramolecular Hbond substituents is 1. The van der Waals surface area contributed by atoms with E-state index in [-0.39, 0.29) is 5.75 Å². The molecule has 0 aliphatic carbocycles. The largest absolute Gasteiger partial charge is 0.507 e. The van der Waals surface area contributed by atoms with E-state index in [1.165, 1.54) is 11.1 Å². The lowest BCUT2D eigenvalue weighted by Crippen LogP contribution is -1.98. The van der Waals surface area contributed by atoms with Crippen LogP contribution in [0.2, 0.25) is 0 Å². The van der Waals surface area contributed by atoms with Crippen molar-refractivity contribution in [2.24, 2.45) is 0 Å². The highest BCUT2D eigenvalue weighted by Gasteiger charge is 2.12. The van der Waals surface area contributed by atoms with Crippen molar-refractivity contribution in [2.75, 3.05) is 0 Å². The predicted octanol–water partition coefficient (Wildman–Crippen LogP) is 5.21. The summed E-state index contributed by atoms with van der Waals surface area (Å²) in [6, 6.07) is 32.5. The van der Waals surface area contributed by atoms with Crippen LogP contribution in [0.5, 0.6) is 11.5 Å². The van der Waals surface area contributed by atoms with Crippen molar-refractivity contribution in [2.45, 2.75) is 13.0 Å². The molecule has 6 nitrogen and oxygen atoms in total. The van der Waals surface area contributed by atoms with Gasteiger partial charge in [0.2, 0.25) is 5.82 Å². The Morgan fingerprint density at radius 2 is 1.61 bits per heavy atom. The van der Waals surface area contributed by atoms with E-state index in [9.17, 15) is 5.11 Å². The Hall–Kier alpha value is -4.45. The fraction of sp³-hybridized carbons (Fsp3) is 0.0741. The van der Waals surface area contributed by atoms with Gasteiger partial charge in [-0.05, 0) is 52.1 Å². The van der Waals surface area contributed by atoms with Crippen LogP contribution in [0.3, 0.4) is 0 Å². The summed E-state index contributed by atoms with van der Waals surface area (Å²) in [6.45, 7) is 0.400. The summed E-state index contributed by atoms with van der Waals surface area (Å²) in [7, 11) is 0. The summed E-state index contributed by atoms with van der Waals surface area (Å²) in [5.74, 6) is 1.29. The molecule has 0 fully saturated rings. The van der Waals surface area contributed by atoms with Gasteiger partial charge in [0.15, 0.2) is 0 Å². The van der Waals surface area contributed by atoms with Gasteiger partial charge in [-0.1, -0.05) is 72.8 Å². The molecule has 1 heterocycles. The number of aromatic amines is 1. The Balaban J connectivity index is 1.27. The minimum absolute atomic E-state index is 0.0806. The second-order valence-electron chi connectivity index (χ2n) is 7.65. The van der Waals surface area contributed by atoms with Gasteiger partial charge in [0.1, 0.15) is 18.1 Å². The maximum absolute atomic E-state index is 10.3. The summed E-state index contributed by atoms with van der Waals surface area (Å²) in [6.07, 6.45) is 0.799. The highest BCUT2D eigenvalue weighted by atomic mass is 16.5. The van der Waals surface area contributed by atoms with Gasteiger partial charge < -0.3 is 9.84 Å². The van der Waals surface area contributed by atoms with E-state index >= 15 is 0 Å². The number of tetrazole rings is 1. The zero-order valence-corrected chi connectivity index (χ0v) is 17.8. The molecule has 1 radical (unpaired) electrons. The van der Waals surface area contributed by atoms with E-state index in [2.05, 4.69) is 63.1 Å². The van der Waals surface area contributed by atoms with E-state index in [1.807, 2.05) is 48.5 Å². The third-order valence-corrected chi connectivity index (χ3v) is 5.36. The standard InChI is InChI=1S/C27H21N4O2/c32-24-10-5-11-25(26(24)22-7-2-1-3-8-22)33-18-20-14-12-19(13-15-20)16-21-6-4-9-23(17-21)27-28-30-31-29-27/h1-9,11-15,17,32H,16,18H2,(H,28,29,30,31). The molecule has 0 unspecified atom stereocenters. The van der Waals surface area contributed by atoms with Crippen LogP contribution >= 0.6 is 0 Å². The molecule has 0 saturated heterocycles. The smallest absolute Gasteiger partial charge is 0.204 e. The van der Waals surface area contributed by atoms with Gasteiger partial charge in [0.05, 0.1) is 5.56 Å². The van der Waals surface area contributed by atoms with E-state index in [0.29, 0.717) is 23.7 Å². The number of nitrogens with one attached hydrogen (secondary N) is 1. The molecular weight excluding hydrogens is 412 g/mol. The van der Waals surface area contributed by atoms with Crippen LogP contribution in [0.1, 0.15) is 16.7 Å². The van der Waals surface area contributed by atoms with Gasteiger partial charge in [0.25, 0.3) is 0 Å². The second kappa shape index (κ2) is 9.36. The fourth-order valence-corrected chi connectivity index (χ4v) is 3.73. The highest BCUT2D eigenvalue weighted by Crippen LogP contribution is 2.37. The first-order valence-electron chi connectivity index (χ1n) is 10.6. The number of ether oxygens (including phenoxy) is 1. The third kappa shape index (κ3) is 4.75. The van der Waals surface area contributed by atoms with Gasteiger partial charge in [-0.15, -0.1) is 10.2 Å². The summed E-state index contributed by atoms with van der Waals surface area (Å²) in [5, 5.41) is 24.5. The molecule has 0 aliphatic rings. The highest BCUT2D eigenvalue weighted by molar-refractivity contribution is 5.76. The van der Waals surface area contributed by atoms with E-state index < -0.39 is 0 Å². The number of nitrogens with zero attached hydrogens (tertiary/aromatic N) is 3. The van der Waals surface area contributed by atoms with E-state index in [4.69, 9.17) is 4.74 Å². The number of aromatic hydroxyl groups is 1. The van der Waals surface area contributed by atoms with Crippen LogP contribution in [-0.4, -0.2) is 25.7 Å². The monoisotopic (exact) mass is 433 g/mol. The van der Waals surface area contributed by atoms with E-state index in [1.54, 1.807) is 6.07 Å². The van der Waals surface area contributed by atoms with E-state index in [0.717, 1.165) is 23.1 Å². The molecule has 0 spiro atoms. The number of rotatable bonds is 7. The summed E-state index contributed by atoms with van der Waals surface area (Å²) in [5.41, 5.74) is 5.89. The lowest BCUT2D eigenvalue weighted by Gasteiger charge is -2.13. The molecule has 2 N–H and O–H groups in total. The average Bonchev–Trinajstić information content (AvgIpc) is 3.40. The minimum atomic E-state index is 0.0806. The van der Waals surface area contributed by atoms with Crippen LogP contribution in [0, 0.1) is 6.07 Å². The number of phenols is 1. The predicted molar refractivity (Wildman–Crippen MR) is 126 cm³/mol. The molecule has 33 heavy (non-hydrogen) atoms. The van der Waals surface area contributed by atoms with Crippen molar-refractivity contribution in [3.8, 4) is 34.0 Å². The maximum Gasteiger partial charge on any atom is 0.204 e. The van der Waals surface area contributed by atoms with Crippen molar-refractivity contribution < 1.29 is 9.84 Å². The average molecular weight is 433 g/mol. The number of hydrogen-bond donors (Lipinski definition) is 2. The molecule has 0 amide bonds. The lowest BCUT2D eigenvalue weighted by atomic mass is 10.0. The zero-order chi connectivity index (χ0) is 22.5. The second-order valence-corrected chi connectivity index (χ2v) is 7.65. The summed E-state index contributed by atoms with van der Waals surface area (Å²) < 4.78 is 6.07. The number of H-pyrrole nitrogens is 1. The van der Waals surface area contributed by atoms with Crippen molar-refractivity contribution >= 4 is 0 Å². The first-order chi connectivity index (χ1) is 16.3. The first kappa shape index (κ1) is 20.5. The molecule has 6 heteroatoms. The summed E-state index contributed by atoms with van der Waals surface area (Å²) in [4.78, 5) is 0. The Kier molecular flexibility index (Phi) is 5.80. The van der Waals surface area contributed by atoms with Crippen molar-refractivity contribution in [1.82, 2.24) is 20.6 Å². The van der Waals surface area contributed by atoms with Gasteiger partial charge in [-0.2, -0.15) is 5.21 Å². The molecule has 5 aromatic rings. The third-order valence-electron chi connectivity index (χ3n) is 5.36. The molecule has 0 atom stereocenters. The Morgan fingerprint density at radius 1 is 0.818 bits per heavy atom. The number of benzene rings is 4. The first-order valence-corrected chi connectivity index (χ1v) is 10.6. The van der Waals surface area contributed by atoms with Crippen LogP contribution in [0.25, 0.3) is 22.5 Å². The molecule has 4 aromatic carbocycles. The van der Waals surface area contributed by atoms with Gasteiger partial charge in [-0.25, -0.2) is 0 Å². The van der Waals surface area contributed by atoms with Gasteiger partial charge in [0, 0.05) is 11.6 Å². The zero-order valence-electron chi connectivity index (χ0n) is 17.8. The Bertz CT molecular complexity index is 1330. The number of hydrogen-bond acceptors (Lipinski definition) is 5. The summed E-state index contributed by atoms with van der Waals surface area (Å²) >= 11 is 0.